The zero-order valence-electron chi connectivity index (χ0n) is 19.2. The molecule has 33 heavy (non-hydrogen) atoms. The lowest BCUT2D eigenvalue weighted by atomic mass is 9.96. The number of nitrogens with one attached hydrogen (secondary N) is 1. The van der Waals surface area contributed by atoms with Crippen molar-refractivity contribution >= 4 is 11.8 Å². The summed E-state index contributed by atoms with van der Waals surface area (Å²) < 4.78 is 5.18. The number of amides is 2. The monoisotopic (exact) mass is 445 g/mol. The zero-order valence-corrected chi connectivity index (χ0v) is 19.2. The number of hydrogen-bond acceptors (Lipinski definition) is 4. The maximum Gasteiger partial charge on any atom is 0.287 e. The van der Waals surface area contributed by atoms with E-state index in [0.29, 0.717) is 13.1 Å². The summed E-state index contributed by atoms with van der Waals surface area (Å²) in [5.41, 5.74) is 2.49. The third kappa shape index (κ3) is 5.34. The average molecular weight is 446 g/mol. The molecule has 0 saturated carbocycles. The highest BCUT2D eigenvalue weighted by atomic mass is 16.3. The zero-order chi connectivity index (χ0) is 23.2. The second-order valence-corrected chi connectivity index (χ2v) is 8.76. The van der Waals surface area contributed by atoms with Gasteiger partial charge in [-0.25, -0.2) is 0 Å². The second-order valence-electron chi connectivity index (χ2n) is 8.76. The molecule has 2 heterocycles. The molecule has 6 heteroatoms. The lowest BCUT2D eigenvalue weighted by molar-refractivity contribution is -0.136. The van der Waals surface area contributed by atoms with Gasteiger partial charge in [-0.1, -0.05) is 74.5 Å². The van der Waals surface area contributed by atoms with Gasteiger partial charge in [-0.3, -0.25) is 14.5 Å². The molecule has 1 fully saturated rings. The number of furan rings is 1. The topological polar surface area (TPSA) is 65.8 Å². The van der Waals surface area contributed by atoms with Gasteiger partial charge >= 0.3 is 0 Å². The number of nitrogens with zero attached hydrogens (tertiary/aromatic N) is 2. The van der Waals surface area contributed by atoms with Crippen LogP contribution in [-0.2, 0) is 4.79 Å². The summed E-state index contributed by atoms with van der Waals surface area (Å²) in [4.78, 5) is 30.1. The lowest BCUT2D eigenvalue weighted by Crippen LogP contribution is -2.56. The first-order valence-electron chi connectivity index (χ1n) is 11.5. The standard InChI is InChI=1S/C27H31N3O3/c1-20(2)24(28-26(31)23-14-9-19-33-23)27(32)30-17-15-29(16-18-30)25(21-10-5-3-6-11-21)22-12-7-4-8-13-22/h3-14,19-20,24-25H,15-18H2,1-2H3,(H,28,31). The third-order valence-electron chi connectivity index (χ3n) is 6.19. The molecule has 0 bridgehead atoms. The Hall–Kier alpha value is -3.38. The van der Waals surface area contributed by atoms with Gasteiger partial charge in [-0.2, -0.15) is 0 Å². The Morgan fingerprint density at radius 3 is 1.88 bits per heavy atom. The van der Waals surface area contributed by atoms with Crippen LogP contribution in [0.4, 0.5) is 0 Å². The normalized spacial score (nSPS) is 15.6. The summed E-state index contributed by atoms with van der Waals surface area (Å²) >= 11 is 0. The van der Waals surface area contributed by atoms with Gasteiger partial charge in [0.15, 0.2) is 5.76 Å². The maximum absolute atomic E-state index is 13.3. The van der Waals surface area contributed by atoms with Crippen LogP contribution in [-0.4, -0.2) is 53.8 Å². The van der Waals surface area contributed by atoms with Crippen LogP contribution in [0.15, 0.2) is 83.5 Å². The molecule has 6 nitrogen and oxygen atoms in total. The van der Waals surface area contributed by atoms with E-state index in [1.54, 1.807) is 12.1 Å². The van der Waals surface area contributed by atoms with Gasteiger partial charge in [0.2, 0.25) is 5.91 Å². The van der Waals surface area contributed by atoms with Crippen molar-refractivity contribution in [2.75, 3.05) is 26.2 Å². The number of hydrogen-bond donors (Lipinski definition) is 1. The molecule has 2 amide bonds. The summed E-state index contributed by atoms with van der Waals surface area (Å²) in [5, 5.41) is 2.86. The van der Waals surface area contributed by atoms with Gasteiger partial charge in [0, 0.05) is 26.2 Å². The van der Waals surface area contributed by atoms with Crippen molar-refractivity contribution in [2.24, 2.45) is 5.92 Å². The summed E-state index contributed by atoms with van der Waals surface area (Å²) in [6.07, 6.45) is 1.45. The Balaban J connectivity index is 1.45. The Bertz CT molecular complexity index is 987. The fourth-order valence-corrected chi connectivity index (χ4v) is 4.42. The van der Waals surface area contributed by atoms with Crippen LogP contribution in [0.5, 0.6) is 0 Å². The van der Waals surface area contributed by atoms with Crippen LogP contribution in [0.25, 0.3) is 0 Å². The molecule has 3 aromatic rings. The molecule has 1 atom stereocenters. The number of piperazine rings is 1. The smallest absolute Gasteiger partial charge is 0.287 e. The molecule has 0 radical (unpaired) electrons. The molecule has 1 aliphatic heterocycles. The highest BCUT2D eigenvalue weighted by Crippen LogP contribution is 2.29. The summed E-state index contributed by atoms with van der Waals surface area (Å²) in [7, 11) is 0. The number of carbonyl (C=O) groups is 2. The van der Waals surface area contributed by atoms with E-state index in [4.69, 9.17) is 4.42 Å². The highest BCUT2D eigenvalue weighted by Gasteiger charge is 2.33. The summed E-state index contributed by atoms with van der Waals surface area (Å²) in [6.45, 7) is 6.65. The number of carbonyl (C=O) groups excluding carboxylic acids is 2. The first-order chi connectivity index (χ1) is 16.0. The molecule has 0 aliphatic carbocycles. The van der Waals surface area contributed by atoms with E-state index < -0.39 is 6.04 Å². The van der Waals surface area contributed by atoms with E-state index >= 15 is 0 Å². The largest absolute Gasteiger partial charge is 0.459 e. The molecule has 0 spiro atoms. The van der Waals surface area contributed by atoms with E-state index in [2.05, 4.69) is 58.7 Å². The second kappa shape index (κ2) is 10.5. The van der Waals surface area contributed by atoms with E-state index in [1.807, 2.05) is 30.9 Å². The van der Waals surface area contributed by atoms with Crippen molar-refractivity contribution in [3.05, 3.63) is 95.9 Å². The average Bonchev–Trinajstić information content (AvgIpc) is 3.39. The molecule has 1 aliphatic rings. The molecular formula is C27H31N3O3. The van der Waals surface area contributed by atoms with Crippen molar-refractivity contribution in [1.82, 2.24) is 15.1 Å². The first-order valence-corrected chi connectivity index (χ1v) is 11.5. The van der Waals surface area contributed by atoms with Crippen molar-refractivity contribution < 1.29 is 14.0 Å². The molecule has 1 N–H and O–H groups in total. The van der Waals surface area contributed by atoms with E-state index in [1.165, 1.54) is 17.4 Å². The summed E-state index contributed by atoms with van der Waals surface area (Å²) in [6, 6.07) is 23.8. The predicted molar refractivity (Wildman–Crippen MR) is 128 cm³/mol. The van der Waals surface area contributed by atoms with Gasteiger partial charge in [0.05, 0.1) is 12.3 Å². The van der Waals surface area contributed by atoms with Gasteiger partial charge in [0.25, 0.3) is 5.91 Å². The molecule has 2 aromatic carbocycles. The quantitative estimate of drug-likeness (QED) is 0.598. The van der Waals surface area contributed by atoms with Gasteiger partial charge in [-0.15, -0.1) is 0 Å². The molecule has 1 saturated heterocycles. The fraction of sp³-hybridized carbons (Fsp3) is 0.333. The molecule has 1 aromatic heterocycles. The molecule has 172 valence electrons. The lowest BCUT2D eigenvalue weighted by Gasteiger charge is -2.41. The Morgan fingerprint density at radius 1 is 0.818 bits per heavy atom. The minimum absolute atomic E-state index is 0.0316. The van der Waals surface area contributed by atoms with Crippen molar-refractivity contribution in [1.29, 1.82) is 0 Å². The van der Waals surface area contributed by atoms with Crippen LogP contribution in [0.1, 0.15) is 41.6 Å². The van der Waals surface area contributed by atoms with E-state index in [0.717, 1.165) is 13.1 Å². The van der Waals surface area contributed by atoms with Crippen molar-refractivity contribution in [3.63, 3.8) is 0 Å². The summed E-state index contributed by atoms with van der Waals surface area (Å²) in [5.74, 6) is -0.220. The van der Waals surface area contributed by atoms with E-state index in [-0.39, 0.29) is 29.5 Å². The van der Waals surface area contributed by atoms with Crippen molar-refractivity contribution in [2.45, 2.75) is 25.9 Å². The molecular weight excluding hydrogens is 414 g/mol. The van der Waals surface area contributed by atoms with Crippen LogP contribution in [0, 0.1) is 5.92 Å². The maximum atomic E-state index is 13.3. The minimum Gasteiger partial charge on any atom is -0.459 e. The van der Waals surface area contributed by atoms with Gasteiger partial charge < -0.3 is 14.6 Å². The van der Waals surface area contributed by atoms with Gasteiger partial charge in [0.1, 0.15) is 6.04 Å². The number of rotatable bonds is 7. The van der Waals surface area contributed by atoms with Crippen LogP contribution >= 0.6 is 0 Å². The highest BCUT2D eigenvalue weighted by molar-refractivity contribution is 5.95. The van der Waals surface area contributed by atoms with Crippen LogP contribution in [0.2, 0.25) is 0 Å². The minimum atomic E-state index is -0.590. The van der Waals surface area contributed by atoms with Gasteiger partial charge in [-0.05, 0) is 29.2 Å². The SMILES string of the molecule is CC(C)C(NC(=O)c1ccco1)C(=O)N1CCN(C(c2ccccc2)c2ccccc2)CC1. The van der Waals surface area contributed by atoms with Crippen LogP contribution < -0.4 is 5.32 Å². The van der Waals surface area contributed by atoms with Crippen molar-refractivity contribution in [3.8, 4) is 0 Å². The predicted octanol–water partition coefficient (Wildman–Crippen LogP) is 3.97. The van der Waals surface area contributed by atoms with Crippen LogP contribution in [0.3, 0.4) is 0 Å². The first kappa shape index (κ1) is 22.8. The Morgan fingerprint density at radius 2 is 1.39 bits per heavy atom. The number of benzene rings is 2. The molecule has 4 rings (SSSR count). The Kier molecular flexibility index (Phi) is 7.25. The molecule has 1 unspecified atom stereocenters. The Labute approximate surface area is 195 Å². The van der Waals surface area contributed by atoms with E-state index in [9.17, 15) is 9.59 Å². The fourth-order valence-electron chi connectivity index (χ4n) is 4.42. The third-order valence-corrected chi connectivity index (χ3v) is 6.19.